The van der Waals surface area contributed by atoms with Gasteiger partial charge in [0.25, 0.3) is 0 Å². The number of hydrogen-bond acceptors (Lipinski definition) is 4. The molecule has 0 bridgehead atoms. The lowest BCUT2D eigenvalue weighted by Gasteiger charge is -2.30. The quantitative estimate of drug-likeness (QED) is 0.659. The number of nitrogens with one attached hydrogen (secondary N) is 2. The predicted molar refractivity (Wildman–Crippen MR) is 74.7 cm³/mol. The van der Waals surface area contributed by atoms with Crippen LogP contribution in [0.2, 0.25) is 0 Å². The first kappa shape index (κ1) is 15.4. The highest BCUT2D eigenvalue weighted by atomic mass is 16.2. The van der Waals surface area contributed by atoms with Crippen molar-refractivity contribution >= 4 is 5.91 Å². The smallest absolute Gasteiger partial charge is 0.237 e. The van der Waals surface area contributed by atoms with Crippen LogP contribution < -0.4 is 10.6 Å². The molecule has 0 spiro atoms. The van der Waals surface area contributed by atoms with Gasteiger partial charge in [-0.3, -0.25) is 14.6 Å². The molecular weight excluding hydrogens is 228 g/mol. The maximum atomic E-state index is 11.8. The molecule has 106 valence electrons. The summed E-state index contributed by atoms with van der Waals surface area (Å²) in [6.45, 7) is 11.2. The molecule has 1 fully saturated rings. The minimum Gasteiger partial charge on any atom is -0.355 e. The highest BCUT2D eigenvalue weighted by molar-refractivity contribution is 5.81. The standard InChI is InChI=1S/C13H28N4O/c1-4-5-15-13(18)12(2)16(3)10-11-17-8-6-14-7-9-17/h12,14H,4-11H2,1-3H3,(H,15,18). The third-order valence-electron chi connectivity index (χ3n) is 3.57. The lowest BCUT2D eigenvalue weighted by atomic mass is 10.2. The van der Waals surface area contributed by atoms with Crippen molar-refractivity contribution in [3.63, 3.8) is 0 Å². The van der Waals surface area contributed by atoms with E-state index in [1.807, 2.05) is 14.0 Å². The zero-order valence-corrected chi connectivity index (χ0v) is 12.0. The first-order valence-electron chi connectivity index (χ1n) is 7.06. The van der Waals surface area contributed by atoms with Gasteiger partial charge >= 0.3 is 0 Å². The van der Waals surface area contributed by atoms with Crippen LogP contribution in [0.4, 0.5) is 0 Å². The van der Waals surface area contributed by atoms with E-state index in [1.165, 1.54) is 0 Å². The van der Waals surface area contributed by atoms with Crippen molar-refractivity contribution in [1.82, 2.24) is 20.4 Å². The maximum Gasteiger partial charge on any atom is 0.237 e. The van der Waals surface area contributed by atoms with Gasteiger partial charge in [0.05, 0.1) is 6.04 Å². The van der Waals surface area contributed by atoms with Gasteiger partial charge in [-0.2, -0.15) is 0 Å². The second-order valence-corrected chi connectivity index (χ2v) is 5.04. The molecule has 1 atom stereocenters. The lowest BCUT2D eigenvalue weighted by Crippen LogP contribution is -2.49. The first-order valence-corrected chi connectivity index (χ1v) is 7.06. The molecule has 1 unspecified atom stereocenters. The Labute approximate surface area is 111 Å². The average Bonchev–Trinajstić information content (AvgIpc) is 2.42. The van der Waals surface area contributed by atoms with Crippen molar-refractivity contribution in [2.45, 2.75) is 26.3 Å². The van der Waals surface area contributed by atoms with Gasteiger partial charge in [0.1, 0.15) is 0 Å². The van der Waals surface area contributed by atoms with Crippen molar-refractivity contribution in [1.29, 1.82) is 0 Å². The van der Waals surface area contributed by atoms with Crippen LogP contribution in [-0.4, -0.2) is 74.6 Å². The molecule has 1 rings (SSSR count). The Kier molecular flexibility index (Phi) is 7.23. The molecule has 1 saturated heterocycles. The molecule has 1 aliphatic rings. The number of carbonyl (C=O) groups is 1. The summed E-state index contributed by atoms with van der Waals surface area (Å²) < 4.78 is 0. The van der Waals surface area contributed by atoms with E-state index in [1.54, 1.807) is 0 Å². The molecule has 2 N–H and O–H groups in total. The van der Waals surface area contributed by atoms with E-state index in [0.717, 1.165) is 52.2 Å². The highest BCUT2D eigenvalue weighted by Crippen LogP contribution is 1.98. The fourth-order valence-corrected chi connectivity index (χ4v) is 2.02. The van der Waals surface area contributed by atoms with Crippen LogP contribution >= 0.6 is 0 Å². The van der Waals surface area contributed by atoms with E-state index in [4.69, 9.17) is 0 Å². The lowest BCUT2D eigenvalue weighted by molar-refractivity contribution is -0.125. The Balaban J connectivity index is 2.21. The SMILES string of the molecule is CCCNC(=O)C(C)N(C)CCN1CCNCC1. The minimum atomic E-state index is -0.0422. The van der Waals surface area contributed by atoms with E-state index in [0.29, 0.717) is 0 Å². The maximum absolute atomic E-state index is 11.8. The summed E-state index contributed by atoms with van der Waals surface area (Å²) in [5, 5.41) is 6.29. The highest BCUT2D eigenvalue weighted by Gasteiger charge is 2.18. The van der Waals surface area contributed by atoms with Gasteiger partial charge in [-0.05, 0) is 20.4 Å². The van der Waals surface area contributed by atoms with Crippen molar-refractivity contribution in [3.05, 3.63) is 0 Å². The fourth-order valence-electron chi connectivity index (χ4n) is 2.02. The number of likely N-dealkylation sites (N-methyl/N-ethyl adjacent to an activating group) is 1. The molecule has 5 nitrogen and oxygen atoms in total. The van der Waals surface area contributed by atoms with Gasteiger partial charge in [0, 0.05) is 45.8 Å². The molecule has 0 radical (unpaired) electrons. The van der Waals surface area contributed by atoms with Crippen LogP contribution in [0.25, 0.3) is 0 Å². The molecule has 1 aliphatic heterocycles. The number of hydrogen-bond donors (Lipinski definition) is 2. The van der Waals surface area contributed by atoms with Crippen molar-refractivity contribution in [2.75, 3.05) is 52.9 Å². The normalized spacial score (nSPS) is 18.9. The number of carbonyl (C=O) groups excluding carboxylic acids is 1. The van der Waals surface area contributed by atoms with Crippen LogP contribution in [0.1, 0.15) is 20.3 Å². The van der Waals surface area contributed by atoms with E-state index < -0.39 is 0 Å². The monoisotopic (exact) mass is 256 g/mol. The Hall–Kier alpha value is -0.650. The summed E-state index contributed by atoms with van der Waals surface area (Å²) in [6, 6.07) is -0.0422. The van der Waals surface area contributed by atoms with Gasteiger partial charge in [0.15, 0.2) is 0 Å². The van der Waals surface area contributed by atoms with E-state index in [2.05, 4.69) is 27.4 Å². The van der Waals surface area contributed by atoms with Crippen LogP contribution in [0.15, 0.2) is 0 Å². The van der Waals surface area contributed by atoms with Gasteiger partial charge in [0.2, 0.25) is 5.91 Å². The topological polar surface area (TPSA) is 47.6 Å². The third-order valence-corrected chi connectivity index (χ3v) is 3.57. The van der Waals surface area contributed by atoms with E-state index in [9.17, 15) is 4.79 Å². The zero-order valence-electron chi connectivity index (χ0n) is 12.0. The third kappa shape index (κ3) is 5.33. The van der Waals surface area contributed by atoms with E-state index >= 15 is 0 Å². The molecule has 5 heteroatoms. The molecule has 0 aromatic rings. The number of amides is 1. The molecular formula is C13H28N4O. The van der Waals surface area contributed by atoms with Crippen molar-refractivity contribution in [2.24, 2.45) is 0 Å². The number of nitrogens with zero attached hydrogens (tertiary/aromatic N) is 2. The van der Waals surface area contributed by atoms with Gasteiger partial charge < -0.3 is 10.6 Å². The van der Waals surface area contributed by atoms with Crippen LogP contribution in [-0.2, 0) is 4.79 Å². The molecule has 0 aliphatic carbocycles. The number of piperazine rings is 1. The average molecular weight is 256 g/mol. The predicted octanol–water partition coefficient (Wildman–Crippen LogP) is -0.262. The molecule has 0 aromatic heterocycles. The van der Waals surface area contributed by atoms with Crippen LogP contribution in [0.3, 0.4) is 0 Å². The summed E-state index contributed by atoms with van der Waals surface area (Å²) in [4.78, 5) is 16.4. The van der Waals surface area contributed by atoms with Gasteiger partial charge in [-0.15, -0.1) is 0 Å². The Morgan fingerprint density at radius 3 is 2.72 bits per heavy atom. The zero-order chi connectivity index (χ0) is 13.4. The van der Waals surface area contributed by atoms with Crippen molar-refractivity contribution in [3.8, 4) is 0 Å². The Morgan fingerprint density at radius 2 is 2.11 bits per heavy atom. The summed E-state index contributed by atoms with van der Waals surface area (Å²) in [7, 11) is 2.03. The second kappa shape index (κ2) is 8.45. The summed E-state index contributed by atoms with van der Waals surface area (Å²) in [5.74, 6) is 0.139. The minimum absolute atomic E-state index is 0.0422. The van der Waals surface area contributed by atoms with Crippen LogP contribution in [0.5, 0.6) is 0 Å². The van der Waals surface area contributed by atoms with Gasteiger partial charge in [-0.1, -0.05) is 6.92 Å². The molecule has 0 aromatic carbocycles. The Bertz CT molecular complexity index is 241. The fraction of sp³-hybridized carbons (Fsp3) is 0.923. The molecule has 1 heterocycles. The summed E-state index contributed by atoms with van der Waals surface area (Å²) in [5.41, 5.74) is 0. The molecule has 1 amide bonds. The second-order valence-electron chi connectivity index (χ2n) is 5.04. The van der Waals surface area contributed by atoms with Crippen LogP contribution in [0, 0.1) is 0 Å². The number of rotatable bonds is 7. The summed E-state index contributed by atoms with van der Waals surface area (Å²) >= 11 is 0. The first-order chi connectivity index (χ1) is 8.65. The van der Waals surface area contributed by atoms with Crippen molar-refractivity contribution < 1.29 is 4.79 Å². The van der Waals surface area contributed by atoms with E-state index in [-0.39, 0.29) is 11.9 Å². The molecule has 18 heavy (non-hydrogen) atoms. The largest absolute Gasteiger partial charge is 0.355 e. The Morgan fingerprint density at radius 1 is 1.44 bits per heavy atom. The summed E-state index contributed by atoms with van der Waals surface area (Å²) in [6.07, 6.45) is 0.989. The molecule has 0 saturated carbocycles. The van der Waals surface area contributed by atoms with Gasteiger partial charge in [-0.25, -0.2) is 0 Å².